The van der Waals surface area contributed by atoms with Gasteiger partial charge in [0.1, 0.15) is 14.1 Å². The van der Waals surface area contributed by atoms with Gasteiger partial charge in [-0.05, 0) is 35.6 Å². The Hall–Kier alpha value is -2.00. The molecular weight excluding hydrogens is 312 g/mol. The van der Waals surface area contributed by atoms with E-state index in [4.69, 9.17) is 0 Å². The van der Waals surface area contributed by atoms with Crippen molar-refractivity contribution in [2.24, 2.45) is 14.1 Å². The van der Waals surface area contributed by atoms with Gasteiger partial charge in [-0.15, -0.1) is 0 Å². The van der Waals surface area contributed by atoms with Gasteiger partial charge in [0.25, 0.3) is 5.01 Å². The Morgan fingerprint density at radius 1 is 0.917 bits per heavy atom. The molecule has 124 valence electrons. The fourth-order valence-electron chi connectivity index (χ4n) is 3.04. The van der Waals surface area contributed by atoms with Crippen LogP contribution in [0.3, 0.4) is 0 Å². The highest BCUT2D eigenvalue weighted by atomic mass is 32.1. The molecule has 3 rings (SSSR count). The van der Waals surface area contributed by atoms with Gasteiger partial charge in [-0.2, -0.15) is 4.57 Å². The third kappa shape index (κ3) is 3.01. The van der Waals surface area contributed by atoms with Crippen LogP contribution in [0.2, 0.25) is 0 Å². The molecule has 0 bridgehead atoms. The molecule has 0 spiro atoms. The highest BCUT2D eigenvalue weighted by Gasteiger charge is 2.22. The normalized spacial score (nSPS) is 11.8. The van der Waals surface area contributed by atoms with Gasteiger partial charge in [0.15, 0.2) is 12.4 Å². The first kappa shape index (κ1) is 16.8. The van der Waals surface area contributed by atoms with E-state index in [1.54, 1.807) is 11.3 Å². The molecule has 3 heteroatoms. The lowest BCUT2D eigenvalue weighted by atomic mass is 9.86. The zero-order valence-electron chi connectivity index (χ0n) is 15.4. The molecule has 0 amide bonds. The van der Waals surface area contributed by atoms with Crippen LogP contribution in [0, 0.1) is 6.92 Å². The van der Waals surface area contributed by atoms with Crippen LogP contribution in [0.15, 0.2) is 48.1 Å². The molecule has 0 N–H and O–H groups in total. The molecule has 2 nitrogen and oxygen atoms in total. The number of rotatable bonds is 2. The molecule has 2 aromatic heterocycles. The second kappa shape index (κ2) is 6.14. The van der Waals surface area contributed by atoms with Crippen LogP contribution in [0.5, 0.6) is 0 Å². The zero-order valence-corrected chi connectivity index (χ0v) is 16.2. The predicted octanol–water partition coefficient (Wildman–Crippen LogP) is 4.34. The highest BCUT2D eigenvalue weighted by molar-refractivity contribution is 7.12. The van der Waals surface area contributed by atoms with Gasteiger partial charge in [0.2, 0.25) is 5.69 Å². The third-order valence-electron chi connectivity index (χ3n) is 4.64. The Kier molecular flexibility index (Phi) is 4.31. The average Bonchev–Trinajstić information content (AvgIpc) is 2.93. The van der Waals surface area contributed by atoms with Crippen molar-refractivity contribution >= 4 is 11.3 Å². The summed E-state index contributed by atoms with van der Waals surface area (Å²) in [6.07, 6.45) is 4.29. The van der Waals surface area contributed by atoms with Crippen LogP contribution in [0.1, 0.15) is 31.9 Å². The smallest absolute Gasteiger partial charge is 0.201 e. The van der Waals surface area contributed by atoms with Gasteiger partial charge in [-0.25, -0.2) is 4.57 Å². The number of hydrogen-bond acceptors (Lipinski definition) is 1. The summed E-state index contributed by atoms with van der Waals surface area (Å²) in [6, 6.07) is 11.2. The van der Waals surface area contributed by atoms with Crippen LogP contribution in [0.4, 0.5) is 0 Å². The first-order valence-electron chi connectivity index (χ1n) is 8.32. The summed E-state index contributed by atoms with van der Waals surface area (Å²) in [4.78, 5) is 0. The van der Waals surface area contributed by atoms with Crippen LogP contribution in [0.25, 0.3) is 21.8 Å². The number of benzene rings is 1. The molecule has 0 fully saturated rings. The minimum absolute atomic E-state index is 0.148. The number of aryl methyl sites for hydroxylation is 2. The van der Waals surface area contributed by atoms with Crippen LogP contribution in [-0.2, 0) is 19.5 Å². The van der Waals surface area contributed by atoms with Crippen molar-refractivity contribution in [1.82, 2.24) is 0 Å². The van der Waals surface area contributed by atoms with Crippen LogP contribution >= 0.6 is 11.3 Å². The molecule has 2 heterocycles. The monoisotopic (exact) mass is 338 g/mol. The minimum Gasteiger partial charge on any atom is -0.201 e. The Morgan fingerprint density at radius 3 is 2.25 bits per heavy atom. The van der Waals surface area contributed by atoms with Crippen molar-refractivity contribution in [2.45, 2.75) is 33.1 Å². The first-order valence-corrected chi connectivity index (χ1v) is 9.20. The average molecular weight is 339 g/mol. The van der Waals surface area contributed by atoms with Gasteiger partial charge in [-0.1, -0.05) is 38.2 Å². The maximum atomic E-state index is 2.33. The molecule has 0 atom stereocenters. The number of pyridine rings is 1. The fourth-order valence-corrected chi connectivity index (χ4v) is 3.99. The molecule has 0 saturated heterocycles. The minimum atomic E-state index is 0.148. The van der Waals surface area contributed by atoms with Crippen molar-refractivity contribution in [3.63, 3.8) is 0 Å². The number of thiazole rings is 1. The summed E-state index contributed by atoms with van der Waals surface area (Å²) in [5.74, 6) is 0. The summed E-state index contributed by atoms with van der Waals surface area (Å²) in [5.41, 5.74) is 6.72. The lowest BCUT2D eigenvalue weighted by Gasteiger charge is -2.19. The van der Waals surface area contributed by atoms with E-state index < -0.39 is 0 Å². The van der Waals surface area contributed by atoms with Crippen molar-refractivity contribution in [3.05, 3.63) is 59.2 Å². The number of hydrogen-bond donors (Lipinski definition) is 0. The lowest BCUT2D eigenvalue weighted by Crippen LogP contribution is -2.32. The molecule has 1 aromatic carbocycles. The molecule has 0 saturated carbocycles. The maximum absolute atomic E-state index is 2.33. The molecule has 0 aliphatic rings. The van der Waals surface area contributed by atoms with Crippen molar-refractivity contribution < 1.29 is 9.13 Å². The molecule has 0 unspecified atom stereocenters. The Bertz CT molecular complexity index is 885. The van der Waals surface area contributed by atoms with E-state index in [-0.39, 0.29) is 5.41 Å². The van der Waals surface area contributed by atoms with Crippen LogP contribution < -0.4 is 9.13 Å². The van der Waals surface area contributed by atoms with E-state index in [9.17, 15) is 0 Å². The molecule has 3 aromatic rings. The largest absolute Gasteiger partial charge is 0.269 e. The summed E-state index contributed by atoms with van der Waals surface area (Å²) < 4.78 is 4.41. The van der Waals surface area contributed by atoms with E-state index in [2.05, 4.69) is 99.0 Å². The highest BCUT2D eigenvalue weighted by Crippen LogP contribution is 2.32. The van der Waals surface area contributed by atoms with Crippen molar-refractivity contribution in [3.8, 4) is 21.8 Å². The van der Waals surface area contributed by atoms with Crippen LogP contribution in [-0.4, -0.2) is 0 Å². The number of aromatic nitrogens is 2. The quantitative estimate of drug-likeness (QED) is 0.614. The van der Waals surface area contributed by atoms with E-state index in [0.717, 1.165) is 0 Å². The third-order valence-corrected chi connectivity index (χ3v) is 5.63. The summed E-state index contributed by atoms with van der Waals surface area (Å²) in [6.45, 7) is 9.03. The SMILES string of the molecule is Cc1c(-c2cc(C(C)(C)C)cc[n+]2C)cccc1-c1scc[n+]1C. The van der Waals surface area contributed by atoms with Gasteiger partial charge < -0.3 is 0 Å². The van der Waals surface area contributed by atoms with Crippen molar-refractivity contribution in [1.29, 1.82) is 0 Å². The topological polar surface area (TPSA) is 7.76 Å². The maximum Gasteiger partial charge on any atom is 0.269 e. The summed E-state index contributed by atoms with van der Waals surface area (Å²) in [5, 5.41) is 3.44. The van der Waals surface area contributed by atoms with Crippen molar-refractivity contribution in [2.75, 3.05) is 0 Å². The molecule has 0 aliphatic carbocycles. The predicted molar refractivity (Wildman–Crippen MR) is 101 cm³/mol. The first-order chi connectivity index (χ1) is 11.3. The molecule has 0 aliphatic heterocycles. The summed E-state index contributed by atoms with van der Waals surface area (Å²) in [7, 11) is 4.23. The van der Waals surface area contributed by atoms with Gasteiger partial charge in [-0.3, -0.25) is 0 Å². The Labute approximate surface area is 149 Å². The zero-order chi connectivity index (χ0) is 17.5. The molecule has 0 radical (unpaired) electrons. The second-order valence-electron chi connectivity index (χ2n) is 7.46. The van der Waals surface area contributed by atoms with Gasteiger partial charge in [0, 0.05) is 17.7 Å². The fraction of sp³-hybridized carbons (Fsp3) is 0.333. The Balaban J connectivity index is 2.20. The van der Waals surface area contributed by atoms with E-state index >= 15 is 0 Å². The summed E-state index contributed by atoms with van der Waals surface area (Å²) >= 11 is 1.79. The standard InChI is InChI=1S/C21H26N2S/c1-15-17(8-7-9-18(15)20-23(6)12-13-24-20)19-14-16(21(2,3)4)10-11-22(19)5/h7-14H,1-6H3/q+2. The number of nitrogens with zero attached hydrogens (tertiary/aromatic N) is 2. The van der Waals surface area contributed by atoms with E-state index in [1.807, 2.05) is 0 Å². The van der Waals surface area contributed by atoms with Gasteiger partial charge >= 0.3 is 0 Å². The molecular formula is C21H26N2S+2. The second-order valence-corrected chi connectivity index (χ2v) is 8.35. The van der Waals surface area contributed by atoms with Gasteiger partial charge in [0.05, 0.1) is 10.9 Å². The lowest BCUT2D eigenvalue weighted by molar-refractivity contribution is -0.660. The Morgan fingerprint density at radius 2 is 1.62 bits per heavy atom. The molecule has 24 heavy (non-hydrogen) atoms. The van der Waals surface area contributed by atoms with E-state index in [0.29, 0.717) is 0 Å². The van der Waals surface area contributed by atoms with E-state index in [1.165, 1.54) is 33.0 Å².